The van der Waals surface area contributed by atoms with E-state index in [2.05, 4.69) is 10.2 Å². The molecule has 4 rings (SSSR count). The van der Waals surface area contributed by atoms with Gasteiger partial charge in [0.2, 0.25) is 11.8 Å². The molecule has 1 aromatic carbocycles. The van der Waals surface area contributed by atoms with Gasteiger partial charge in [-0.2, -0.15) is 0 Å². The van der Waals surface area contributed by atoms with Crippen LogP contribution in [0.4, 0.5) is 0 Å². The molecule has 1 fully saturated rings. The molecule has 1 aliphatic rings. The summed E-state index contributed by atoms with van der Waals surface area (Å²) in [5.41, 5.74) is 0.702. The summed E-state index contributed by atoms with van der Waals surface area (Å²) < 4.78 is 16.7. The van der Waals surface area contributed by atoms with Crippen molar-refractivity contribution in [1.82, 2.24) is 15.1 Å². The van der Waals surface area contributed by atoms with Crippen molar-refractivity contribution < 1.29 is 18.4 Å². The van der Waals surface area contributed by atoms with Crippen molar-refractivity contribution in [2.45, 2.75) is 13.0 Å². The standard InChI is InChI=1S/C16H15N3O4/c1-10-17-18-15(22-10)14-9-19(6-7-21-14)16(20)13-8-11-4-2-3-5-12(11)23-13/h2-5,8,14H,6-7,9H2,1H3/t14-/m0/s1. The lowest BCUT2D eigenvalue weighted by Gasteiger charge is -2.30. The van der Waals surface area contributed by atoms with Gasteiger partial charge in [0.25, 0.3) is 5.91 Å². The van der Waals surface area contributed by atoms with Crippen LogP contribution in [0.15, 0.2) is 39.2 Å². The third-order valence-corrected chi connectivity index (χ3v) is 3.81. The molecule has 2 aromatic heterocycles. The first-order valence-corrected chi connectivity index (χ1v) is 7.40. The third-order valence-electron chi connectivity index (χ3n) is 3.81. The van der Waals surface area contributed by atoms with E-state index in [-0.39, 0.29) is 5.91 Å². The van der Waals surface area contributed by atoms with Gasteiger partial charge in [0.15, 0.2) is 11.9 Å². The van der Waals surface area contributed by atoms with Crippen molar-refractivity contribution in [3.05, 3.63) is 47.9 Å². The van der Waals surface area contributed by atoms with Crippen LogP contribution in [0.25, 0.3) is 11.0 Å². The lowest BCUT2D eigenvalue weighted by Crippen LogP contribution is -2.42. The maximum absolute atomic E-state index is 12.7. The molecule has 118 valence electrons. The second-order valence-electron chi connectivity index (χ2n) is 5.42. The van der Waals surface area contributed by atoms with Crippen LogP contribution in [-0.2, 0) is 4.74 Å². The SMILES string of the molecule is Cc1nnc([C@@H]2CN(C(=O)c3cc4ccccc4o3)CCO2)o1. The van der Waals surface area contributed by atoms with Gasteiger partial charge < -0.3 is 18.5 Å². The van der Waals surface area contributed by atoms with Crippen molar-refractivity contribution in [3.63, 3.8) is 0 Å². The number of carbonyl (C=O) groups excluding carboxylic acids is 1. The summed E-state index contributed by atoms with van der Waals surface area (Å²) in [6, 6.07) is 9.31. The lowest BCUT2D eigenvalue weighted by molar-refractivity contribution is -0.0356. The van der Waals surface area contributed by atoms with Gasteiger partial charge in [0.1, 0.15) is 5.58 Å². The van der Waals surface area contributed by atoms with Gasteiger partial charge in [0, 0.05) is 18.9 Å². The highest BCUT2D eigenvalue weighted by Gasteiger charge is 2.30. The van der Waals surface area contributed by atoms with Gasteiger partial charge in [-0.15, -0.1) is 10.2 Å². The first-order valence-electron chi connectivity index (χ1n) is 7.40. The minimum atomic E-state index is -0.404. The van der Waals surface area contributed by atoms with E-state index in [0.29, 0.717) is 42.8 Å². The topological polar surface area (TPSA) is 81.6 Å². The molecule has 7 heteroatoms. The number of para-hydroxylation sites is 1. The highest BCUT2D eigenvalue weighted by molar-refractivity contribution is 5.96. The van der Waals surface area contributed by atoms with Crippen molar-refractivity contribution in [3.8, 4) is 0 Å². The summed E-state index contributed by atoms with van der Waals surface area (Å²) in [5.74, 6) is 1.04. The quantitative estimate of drug-likeness (QED) is 0.722. The number of rotatable bonds is 2. The number of carbonyl (C=O) groups is 1. The van der Waals surface area contributed by atoms with Crippen molar-refractivity contribution in [2.24, 2.45) is 0 Å². The fourth-order valence-electron chi connectivity index (χ4n) is 2.67. The van der Waals surface area contributed by atoms with Crippen LogP contribution in [0.3, 0.4) is 0 Å². The second kappa shape index (κ2) is 5.51. The van der Waals surface area contributed by atoms with Crippen LogP contribution in [0.1, 0.15) is 28.4 Å². The number of nitrogens with zero attached hydrogens (tertiary/aromatic N) is 3. The number of hydrogen-bond acceptors (Lipinski definition) is 6. The summed E-state index contributed by atoms with van der Waals surface area (Å²) >= 11 is 0. The average molecular weight is 313 g/mol. The van der Waals surface area contributed by atoms with Gasteiger partial charge >= 0.3 is 0 Å². The Morgan fingerprint density at radius 1 is 1.26 bits per heavy atom. The van der Waals surface area contributed by atoms with E-state index >= 15 is 0 Å². The third kappa shape index (κ3) is 2.59. The summed E-state index contributed by atoms with van der Waals surface area (Å²) in [7, 11) is 0. The summed E-state index contributed by atoms with van der Waals surface area (Å²) in [4.78, 5) is 14.3. The van der Waals surface area contributed by atoms with Crippen LogP contribution in [0.5, 0.6) is 0 Å². The zero-order valence-corrected chi connectivity index (χ0v) is 12.6. The Hall–Kier alpha value is -2.67. The highest BCUT2D eigenvalue weighted by atomic mass is 16.5. The number of ether oxygens (including phenoxy) is 1. The molecule has 0 radical (unpaired) electrons. The van der Waals surface area contributed by atoms with E-state index in [1.54, 1.807) is 17.9 Å². The molecule has 0 aliphatic carbocycles. The van der Waals surface area contributed by atoms with Crippen LogP contribution in [0, 0.1) is 6.92 Å². The molecule has 3 aromatic rings. The van der Waals surface area contributed by atoms with Crippen LogP contribution >= 0.6 is 0 Å². The molecule has 1 atom stereocenters. The molecule has 0 unspecified atom stereocenters. The fraction of sp³-hybridized carbons (Fsp3) is 0.312. The molecule has 1 amide bonds. The normalized spacial score (nSPS) is 18.5. The van der Waals surface area contributed by atoms with Gasteiger partial charge in [-0.3, -0.25) is 4.79 Å². The van der Waals surface area contributed by atoms with E-state index < -0.39 is 6.10 Å². The zero-order chi connectivity index (χ0) is 15.8. The Morgan fingerprint density at radius 2 is 2.13 bits per heavy atom. The average Bonchev–Trinajstić information content (AvgIpc) is 3.20. The second-order valence-corrected chi connectivity index (χ2v) is 5.42. The molecular formula is C16H15N3O4. The number of aryl methyl sites for hydroxylation is 1. The number of hydrogen-bond donors (Lipinski definition) is 0. The van der Waals surface area contributed by atoms with Gasteiger partial charge in [-0.1, -0.05) is 18.2 Å². The van der Waals surface area contributed by atoms with Crippen LogP contribution < -0.4 is 0 Å². The predicted octanol–water partition coefficient (Wildman–Crippen LogP) is 2.34. The van der Waals surface area contributed by atoms with E-state index in [4.69, 9.17) is 13.6 Å². The first-order chi connectivity index (χ1) is 11.2. The zero-order valence-electron chi connectivity index (χ0n) is 12.6. The number of amides is 1. The molecule has 3 heterocycles. The van der Waals surface area contributed by atoms with E-state index in [9.17, 15) is 4.79 Å². The predicted molar refractivity (Wildman–Crippen MR) is 79.8 cm³/mol. The molecule has 1 aliphatic heterocycles. The summed E-state index contributed by atoms with van der Waals surface area (Å²) in [6.07, 6.45) is -0.404. The number of morpholine rings is 1. The number of aromatic nitrogens is 2. The maximum Gasteiger partial charge on any atom is 0.289 e. The minimum absolute atomic E-state index is 0.161. The first kappa shape index (κ1) is 14.0. The molecule has 0 N–H and O–H groups in total. The Morgan fingerprint density at radius 3 is 2.91 bits per heavy atom. The van der Waals surface area contributed by atoms with E-state index in [1.807, 2.05) is 24.3 Å². The summed E-state index contributed by atoms with van der Waals surface area (Å²) in [6.45, 7) is 2.99. The van der Waals surface area contributed by atoms with Crippen LogP contribution in [-0.4, -0.2) is 40.7 Å². The smallest absolute Gasteiger partial charge is 0.289 e. The van der Waals surface area contributed by atoms with Gasteiger partial charge in [-0.05, 0) is 12.1 Å². The number of furan rings is 1. The van der Waals surface area contributed by atoms with Gasteiger partial charge in [0.05, 0.1) is 13.2 Å². The Kier molecular flexibility index (Phi) is 3.34. The molecule has 7 nitrogen and oxygen atoms in total. The molecule has 0 bridgehead atoms. The molecular weight excluding hydrogens is 298 g/mol. The number of fused-ring (bicyclic) bond motifs is 1. The monoisotopic (exact) mass is 313 g/mol. The van der Waals surface area contributed by atoms with Crippen LogP contribution in [0.2, 0.25) is 0 Å². The van der Waals surface area contributed by atoms with E-state index in [0.717, 1.165) is 5.39 Å². The van der Waals surface area contributed by atoms with Crippen molar-refractivity contribution in [1.29, 1.82) is 0 Å². The van der Waals surface area contributed by atoms with Crippen molar-refractivity contribution >= 4 is 16.9 Å². The Labute approximate surface area is 131 Å². The molecule has 1 saturated heterocycles. The largest absolute Gasteiger partial charge is 0.451 e. The number of benzene rings is 1. The fourth-order valence-corrected chi connectivity index (χ4v) is 2.67. The van der Waals surface area contributed by atoms with Crippen molar-refractivity contribution in [2.75, 3.05) is 19.7 Å². The highest BCUT2D eigenvalue weighted by Crippen LogP contribution is 2.24. The van der Waals surface area contributed by atoms with E-state index in [1.165, 1.54) is 0 Å². The molecule has 0 saturated carbocycles. The lowest BCUT2D eigenvalue weighted by atomic mass is 10.2. The maximum atomic E-state index is 12.7. The Bertz CT molecular complexity index is 821. The Balaban J connectivity index is 1.55. The molecule has 23 heavy (non-hydrogen) atoms. The van der Waals surface area contributed by atoms with Gasteiger partial charge in [-0.25, -0.2) is 0 Å². The summed E-state index contributed by atoms with van der Waals surface area (Å²) in [5, 5.41) is 8.68. The molecule has 0 spiro atoms. The minimum Gasteiger partial charge on any atom is -0.451 e.